The molecule has 6 aromatic rings. The molecule has 0 N–H and O–H groups in total. The molecule has 2 nitrogen and oxygen atoms in total. The van der Waals surface area contributed by atoms with Gasteiger partial charge in [-0.05, 0) is 121 Å². The highest BCUT2D eigenvalue weighted by Crippen LogP contribution is 2.53. The first kappa shape index (κ1) is 35.2. The molecule has 1 aliphatic carbocycles. The number of thiophene rings is 1. The average Bonchev–Trinajstić information content (AvgIpc) is 3.55. The van der Waals surface area contributed by atoms with Crippen molar-refractivity contribution >= 4 is 78.0 Å². The fourth-order valence-corrected chi connectivity index (χ4v) is 11.3. The van der Waals surface area contributed by atoms with Gasteiger partial charge in [0.15, 0.2) is 0 Å². The highest BCUT2D eigenvalue weighted by Gasteiger charge is 2.47. The summed E-state index contributed by atoms with van der Waals surface area (Å²) < 4.78 is 11.2. The van der Waals surface area contributed by atoms with Gasteiger partial charge < -0.3 is 9.80 Å². The summed E-state index contributed by atoms with van der Waals surface area (Å²) in [6, 6.07) is 35.8. The molecule has 0 spiro atoms. The number of fused-ring (bicyclic) bond motifs is 7. The van der Waals surface area contributed by atoms with Crippen LogP contribution in [0, 0.1) is 0 Å². The van der Waals surface area contributed by atoms with Gasteiger partial charge in [-0.3, -0.25) is 0 Å². The van der Waals surface area contributed by atoms with Crippen LogP contribution in [0.4, 0.5) is 34.1 Å². The van der Waals surface area contributed by atoms with E-state index in [-0.39, 0.29) is 33.8 Å². The van der Waals surface area contributed by atoms with Crippen LogP contribution in [-0.2, 0) is 27.1 Å². The molecule has 3 aliphatic rings. The largest absolute Gasteiger partial charge is 0.311 e. The molecule has 5 aromatic carbocycles. The van der Waals surface area contributed by atoms with Gasteiger partial charge in [-0.25, -0.2) is 0 Å². The highest BCUT2D eigenvalue weighted by molar-refractivity contribution is 7.33. The van der Waals surface area contributed by atoms with E-state index in [2.05, 4.69) is 185 Å². The van der Waals surface area contributed by atoms with Crippen LogP contribution in [0.5, 0.6) is 0 Å². The van der Waals surface area contributed by atoms with Crippen molar-refractivity contribution in [3.8, 4) is 0 Å². The molecule has 0 saturated carbocycles. The Bertz CT molecular complexity index is 2590. The van der Waals surface area contributed by atoms with Gasteiger partial charge in [-0.15, -0.1) is 11.3 Å². The van der Waals surface area contributed by atoms with Crippen molar-refractivity contribution in [1.29, 1.82) is 0 Å². The number of rotatable bonds is 2. The lowest BCUT2D eigenvalue weighted by molar-refractivity contribution is 0.403. The second-order valence-electron chi connectivity index (χ2n) is 21.0. The summed E-state index contributed by atoms with van der Waals surface area (Å²) in [4.78, 5) is 5.18. The Hall–Kier alpha value is -4.28. The third-order valence-corrected chi connectivity index (χ3v) is 14.0. The quantitative estimate of drug-likeness (QED) is 0.163. The Morgan fingerprint density at radius 3 is 1.85 bits per heavy atom. The Morgan fingerprint density at radius 2 is 1.20 bits per heavy atom. The summed E-state index contributed by atoms with van der Waals surface area (Å²) in [6.07, 6.45) is 1.13. The molecule has 55 heavy (non-hydrogen) atoms. The first-order chi connectivity index (χ1) is 26.0. The second kappa shape index (κ2) is 11.6. The standard InChI is InChI=1S/C51H57BN2S/c1-47(2,3)31-18-21-34(22-19-31)53-40-25-20-32(48(4,5)6)26-39(40)52-44-41(53)27-33(49(7,8)9)28-42(44)54(45-36-16-14-15-17-43(36)55-46(45)52)35-23-24-37-38(29-35)51(12,13)30-50(37,10)11/h14-29H,30H2,1-13H3/i15T. The van der Waals surface area contributed by atoms with Gasteiger partial charge in [0.1, 0.15) is 0 Å². The average molecular weight is 743 g/mol. The highest BCUT2D eigenvalue weighted by atomic mass is 32.1. The van der Waals surface area contributed by atoms with Crippen molar-refractivity contribution in [2.24, 2.45) is 0 Å². The molecule has 0 atom stereocenters. The van der Waals surface area contributed by atoms with Crippen LogP contribution in [0.15, 0.2) is 97.0 Å². The van der Waals surface area contributed by atoms with Crippen molar-refractivity contribution in [3.05, 3.63) is 125 Å². The molecule has 0 amide bonds. The number of hydrogen-bond acceptors (Lipinski definition) is 3. The Morgan fingerprint density at radius 1 is 0.600 bits per heavy atom. The van der Waals surface area contributed by atoms with Crippen molar-refractivity contribution in [3.63, 3.8) is 0 Å². The molecule has 0 radical (unpaired) electrons. The summed E-state index contributed by atoms with van der Waals surface area (Å²) >= 11 is 1.88. The van der Waals surface area contributed by atoms with Gasteiger partial charge in [-0.1, -0.05) is 139 Å². The molecule has 2 aliphatic heterocycles. The van der Waals surface area contributed by atoms with Crippen LogP contribution in [0.1, 0.15) is 126 Å². The van der Waals surface area contributed by atoms with Crippen LogP contribution < -0.4 is 25.5 Å². The van der Waals surface area contributed by atoms with Crippen LogP contribution in [0.3, 0.4) is 0 Å². The first-order valence-corrected chi connectivity index (χ1v) is 21.1. The van der Waals surface area contributed by atoms with Crippen LogP contribution in [-0.4, -0.2) is 6.71 Å². The number of hydrogen-bond donors (Lipinski definition) is 0. The lowest BCUT2D eigenvalue weighted by atomic mass is 9.36. The predicted octanol–water partition coefficient (Wildman–Crippen LogP) is 12.8. The van der Waals surface area contributed by atoms with Crippen LogP contribution in [0.2, 0.25) is 0 Å². The maximum Gasteiger partial charge on any atom is 0.264 e. The van der Waals surface area contributed by atoms with Gasteiger partial charge in [0.2, 0.25) is 0 Å². The van der Waals surface area contributed by atoms with E-state index >= 15 is 0 Å². The summed E-state index contributed by atoms with van der Waals surface area (Å²) in [7, 11) is 0. The van der Waals surface area contributed by atoms with E-state index in [9.17, 15) is 0 Å². The van der Waals surface area contributed by atoms with Gasteiger partial charge in [-0.2, -0.15) is 0 Å². The van der Waals surface area contributed by atoms with E-state index in [1.165, 1.54) is 87.7 Å². The normalized spacial score (nSPS) is 17.2. The lowest BCUT2D eigenvalue weighted by Gasteiger charge is -2.44. The van der Waals surface area contributed by atoms with Gasteiger partial charge in [0, 0.05) is 43.3 Å². The van der Waals surface area contributed by atoms with Crippen molar-refractivity contribution in [2.45, 2.75) is 124 Å². The summed E-state index contributed by atoms with van der Waals surface area (Å²) in [5, 5.41) is 1.23. The first-order valence-electron chi connectivity index (χ1n) is 20.8. The minimum atomic E-state index is -0.0914. The van der Waals surface area contributed by atoms with Crippen molar-refractivity contribution in [1.82, 2.24) is 0 Å². The smallest absolute Gasteiger partial charge is 0.264 e. The summed E-state index contributed by atoms with van der Waals surface area (Å²) in [5.41, 5.74) is 17.2. The topological polar surface area (TPSA) is 6.48 Å². The van der Waals surface area contributed by atoms with E-state index in [0.717, 1.165) is 6.42 Å². The number of nitrogens with zero attached hydrogens (tertiary/aromatic N) is 2. The van der Waals surface area contributed by atoms with Crippen molar-refractivity contribution in [2.75, 3.05) is 9.80 Å². The van der Waals surface area contributed by atoms with Crippen LogP contribution in [0.25, 0.3) is 10.1 Å². The van der Waals surface area contributed by atoms with E-state index in [1.54, 1.807) is 0 Å². The van der Waals surface area contributed by atoms with Gasteiger partial charge in [0.05, 0.1) is 7.06 Å². The lowest BCUT2D eigenvalue weighted by Crippen LogP contribution is -2.60. The minimum Gasteiger partial charge on any atom is -0.311 e. The molecule has 280 valence electrons. The third kappa shape index (κ3) is 5.56. The fraction of sp³-hybridized carbons (Fsp3) is 0.373. The third-order valence-electron chi connectivity index (χ3n) is 12.8. The van der Waals surface area contributed by atoms with Gasteiger partial charge in [0.25, 0.3) is 6.71 Å². The predicted molar refractivity (Wildman–Crippen MR) is 243 cm³/mol. The molecule has 0 bridgehead atoms. The maximum atomic E-state index is 8.71. The molecular formula is C51H57BN2S. The van der Waals surface area contributed by atoms with E-state index < -0.39 is 0 Å². The Labute approximate surface area is 336 Å². The van der Waals surface area contributed by atoms with Gasteiger partial charge >= 0.3 is 0 Å². The van der Waals surface area contributed by atoms with E-state index in [0.29, 0.717) is 6.04 Å². The number of benzene rings is 5. The Balaban J connectivity index is 1.42. The molecular weight excluding hydrogens is 683 g/mol. The summed E-state index contributed by atoms with van der Waals surface area (Å²) in [6.45, 7) is 30.6. The zero-order valence-electron chi connectivity index (χ0n) is 36.2. The van der Waals surface area contributed by atoms with E-state index in [1.807, 2.05) is 17.4 Å². The monoisotopic (exact) mass is 742 g/mol. The molecule has 9 rings (SSSR count). The molecule has 1 aromatic heterocycles. The number of anilines is 6. The zero-order chi connectivity index (χ0) is 40.1. The van der Waals surface area contributed by atoms with E-state index in [4.69, 9.17) is 1.37 Å². The Kier molecular flexibility index (Phi) is 7.44. The molecule has 0 unspecified atom stereocenters. The minimum absolute atomic E-state index is 0.0117. The maximum absolute atomic E-state index is 8.71. The SMILES string of the molecule is [3H]c1ccc2c3c(sc2c1)B1c2cc(C(C)(C)C)ccc2N(c2ccc(C(C)(C)C)cc2)c2cc(C(C)(C)C)cc(c21)N3c1ccc2c(c1)C(C)(C)CC2(C)C. The molecule has 0 saturated heterocycles. The molecule has 3 heterocycles. The fourth-order valence-electron chi connectivity index (χ4n) is 10.1. The molecule has 0 fully saturated rings. The summed E-state index contributed by atoms with van der Waals surface area (Å²) in [5.74, 6) is 0. The second-order valence-corrected chi connectivity index (χ2v) is 22.1. The zero-order valence-corrected chi connectivity index (χ0v) is 36.1. The van der Waals surface area contributed by atoms with Crippen molar-refractivity contribution < 1.29 is 1.37 Å². The molecule has 4 heteroatoms. The van der Waals surface area contributed by atoms with Crippen LogP contribution >= 0.6 is 11.3 Å².